The number of carbonyl (C=O) groups is 1. The zero-order valence-electron chi connectivity index (χ0n) is 10.7. The fraction of sp³-hybridized carbons (Fsp3) is 0.0769. The SMILES string of the molecule is O=C(O)c1ccc(S(=O)(=O)c2ccc(C(F)(F)F)nc2)cc1. The van der Waals surface area contributed by atoms with E-state index >= 15 is 0 Å². The number of nitrogens with zero attached hydrogens (tertiary/aromatic N) is 1. The highest BCUT2D eigenvalue weighted by Gasteiger charge is 2.32. The van der Waals surface area contributed by atoms with Crippen molar-refractivity contribution in [1.29, 1.82) is 0 Å². The zero-order chi connectivity index (χ0) is 16.5. The Morgan fingerprint density at radius 3 is 1.95 bits per heavy atom. The maximum atomic E-state index is 12.4. The first-order chi connectivity index (χ1) is 10.1. The van der Waals surface area contributed by atoms with E-state index in [2.05, 4.69) is 4.98 Å². The molecule has 116 valence electrons. The van der Waals surface area contributed by atoms with Crippen molar-refractivity contribution in [3.8, 4) is 0 Å². The summed E-state index contributed by atoms with van der Waals surface area (Å²) < 4.78 is 61.6. The average molecular weight is 331 g/mol. The van der Waals surface area contributed by atoms with E-state index in [0.717, 1.165) is 30.3 Å². The molecule has 0 aliphatic heterocycles. The normalized spacial score (nSPS) is 12.1. The molecule has 0 saturated heterocycles. The van der Waals surface area contributed by atoms with Gasteiger partial charge in [0.15, 0.2) is 0 Å². The predicted molar refractivity (Wildman–Crippen MR) is 68.1 cm³/mol. The molecule has 0 radical (unpaired) electrons. The van der Waals surface area contributed by atoms with Gasteiger partial charge in [0.05, 0.1) is 15.4 Å². The van der Waals surface area contributed by atoms with Crippen LogP contribution in [0, 0.1) is 0 Å². The molecule has 0 saturated carbocycles. The van der Waals surface area contributed by atoms with Gasteiger partial charge in [-0.2, -0.15) is 13.2 Å². The summed E-state index contributed by atoms with van der Waals surface area (Å²) in [4.78, 5) is 13.1. The van der Waals surface area contributed by atoms with Crippen LogP contribution >= 0.6 is 0 Å². The molecular weight excluding hydrogens is 323 g/mol. The van der Waals surface area contributed by atoms with Gasteiger partial charge >= 0.3 is 12.1 Å². The molecule has 1 N–H and O–H groups in total. The van der Waals surface area contributed by atoms with Crippen molar-refractivity contribution < 1.29 is 31.5 Å². The van der Waals surface area contributed by atoms with Crippen LogP contribution in [0.5, 0.6) is 0 Å². The minimum Gasteiger partial charge on any atom is -0.478 e. The quantitative estimate of drug-likeness (QED) is 0.934. The van der Waals surface area contributed by atoms with Gasteiger partial charge in [0.25, 0.3) is 0 Å². The van der Waals surface area contributed by atoms with Gasteiger partial charge in [0.2, 0.25) is 9.84 Å². The Morgan fingerprint density at radius 1 is 1.00 bits per heavy atom. The maximum Gasteiger partial charge on any atom is 0.433 e. The number of aromatic carboxylic acids is 1. The van der Waals surface area contributed by atoms with E-state index in [1.807, 2.05) is 0 Å². The molecule has 22 heavy (non-hydrogen) atoms. The number of alkyl halides is 3. The molecule has 0 atom stereocenters. The van der Waals surface area contributed by atoms with E-state index in [0.29, 0.717) is 12.3 Å². The summed E-state index contributed by atoms with van der Waals surface area (Å²) in [5.74, 6) is -1.22. The summed E-state index contributed by atoms with van der Waals surface area (Å²) in [7, 11) is -4.07. The molecular formula is C13H8F3NO4S. The number of sulfone groups is 1. The molecule has 1 aromatic heterocycles. The van der Waals surface area contributed by atoms with Gasteiger partial charge in [-0.05, 0) is 36.4 Å². The second-order valence-corrected chi connectivity index (χ2v) is 6.16. The van der Waals surface area contributed by atoms with Crippen molar-refractivity contribution in [3.05, 3.63) is 53.9 Å². The van der Waals surface area contributed by atoms with Crippen LogP contribution in [-0.4, -0.2) is 24.5 Å². The highest BCUT2D eigenvalue weighted by atomic mass is 32.2. The summed E-state index contributed by atoms with van der Waals surface area (Å²) in [6.07, 6.45) is -4.05. The topological polar surface area (TPSA) is 84.3 Å². The van der Waals surface area contributed by atoms with E-state index in [1.165, 1.54) is 0 Å². The smallest absolute Gasteiger partial charge is 0.433 e. The molecule has 9 heteroatoms. The first-order valence-electron chi connectivity index (χ1n) is 5.74. The van der Waals surface area contributed by atoms with Crippen molar-refractivity contribution >= 4 is 15.8 Å². The van der Waals surface area contributed by atoms with Gasteiger partial charge in [-0.3, -0.25) is 4.98 Å². The fourth-order valence-electron chi connectivity index (χ4n) is 1.62. The lowest BCUT2D eigenvalue weighted by Crippen LogP contribution is -2.09. The van der Waals surface area contributed by atoms with Crippen molar-refractivity contribution in [2.45, 2.75) is 16.0 Å². The van der Waals surface area contributed by atoms with Crippen molar-refractivity contribution in [3.63, 3.8) is 0 Å². The third kappa shape index (κ3) is 3.08. The molecule has 1 aromatic carbocycles. The number of rotatable bonds is 3. The number of carboxylic acids is 1. The first kappa shape index (κ1) is 16.0. The Balaban J connectivity index is 2.40. The highest BCUT2D eigenvalue weighted by Crippen LogP contribution is 2.28. The van der Waals surface area contributed by atoms with E-state index < -0.39 is 32.6 Å². The lowest BCUT2D eigenvalue weighted by atomic mass is 10.2. The fourth-order valence-corrected chi connectivity index (χ4v) is 2.82. The third-order valence-corrected chi connectivity index (χ3v) is 4.50. The largest absolute Gasteiger partial charge is 0.478 e. The Morgan fingerprint density at radius 2 is 1.55 bits per heavy atom. The molecule has 1 heterocycles. The molecule has 0 unspecified atom stereocenters. The Hall–Kier alpha value is -2.42. The average Bonchev–Trinajstić information content (AvgIpc) is 2.46. The van der Waals surface area contributed by atoms with Gasteiger partial charge in [-0.25, -0.2) is 13.2 Å². The van der Waals surface area contributed by atoms with Gasteiger partial charge in [-0.1, -0.05) is 0 Å². The Bertz CT molecular complexity index is 797. The zero-order valence-corrected chi connectivity index (χ0v) is 11.5. The molecule has 0 bridgehead atoms. The van der Waals surface area contributed by atoms with Crippen molar-refractivity contribution in [2.75, 3.05) is 0 Å². The molecule has 2 aromatic rings. The summed E-state index contributed by atoms with van der Waals surface area (Å²) in [5.41, 5.74) is -1.31. The van der Waals surface area contributed by atoms with Crippen LogP contribution in [-0.2, 0) is 16.0 Å². The number of benzene rings is 1. The van der Waals surface area contributed by atoms with E-state index in [-0.39, 0.29) is 10.5 Å². The first-order valence-corrected chi connectivity index (χ1v) is 7.22. The lowest BCUT2D eigenvalue weighted by molar-refractivity contribution is -0.141. The van der Waals surface area contributed by atoms with Gasteiger partial charge < -0.3 is 5.11 Å². The maximum absolute atomic E-state index is 12.4. The summed E-state index contributed by atoms with van der Waals surface area (Å²) in [6, 6.07) is 5.68. The van der Waals surface area contributed by atoms with Crippen LogP contribution in [0.3, 0.4) is 0 Å². The van der Waals surface area contributed by atoms with Gasteiger partial charge in [0, 0.05) is 6.20 Å². The van der Waals surface area contributed by atoms with E-state index in [1.54, 1.807) is 0 Å². The van der Waals surface area contributed by atoms with E-state index in [9.17, 15) is 26.4 Å². The second kappa shape index (κ2) is 5.41. The number of pyridine rings is 1. The monoisotopic (exact) mass is 331 g/mol. The summed E-state index contributed by atoms with van der Waals surface area (Å²) >= 11 is 0. The number of carboxylic acid groups (broad SMARTS) is 1. The highest BCUT2D eigenvalue weighted by molar-refractivity contribution is 7.91. The number of hydrogen-bond donors (Lipinski definition) is 1. The second-order valence-electron chi connectivity index (χ2n) is 4.21. The van der Waals surface area contributed by atoms with Crippen LogP contribution < -0.4 is 0 Å². The number of hydrogen-bond acceptors (Lipinski definition) is 4. The molecule has 0 fully saturated rings. The van der Waals surface area contributed by atoms with Crippen molar-refractivity contribution in [1.82, 2.24) is 4.98 Å². The van der Waals surface area contributed by atoms with Crippen LogP contribution in [0.25, 0.3) is 0 Å². The van der Waals surface area contributed by atoms with Crippen LogP contribution in [0.2, 0.25) is 0 Å². The predicted octanol–water partition coefficient (Wildman–Crippen LogP) is 2.63. The molecule has 0 aliphatic rings. The van der Waals surface area contributed by atoms with Crippen LogP contribution in [0.15, 0.2) is 52.4 Å². The molecule has 0 aliphatic carbocycles. The van der Waals surface area contributed by atoms with E-state index in [4.69, 9.17) is 5.11 Å². The number of halogens is 3. The van der Waals surface area contributed by atoms with Crippen LogP contribution in [0.1, 0.15) is 16.1 Å². The van der Waals surface area contributed by atoms with Crippen molar-refractivity contribution in [2.24, 2.45) is 0 Å². The third-order valence-electron chi connectivity index (χ3n) is 2.75. The molecule has 0 amide bonds. The molecule has 5 nitrogen and oxygen atoms in total. The minimum absolute atomic E-state index is 0.107. The molecule has 0 spiro atoms. The Labute approximate surface area is 123 Å². The standard InChI is InChI=1S/C13H8F3NO4S/c14-13(15,16)11-6-5-10(7-17-11)22(20,21)9-3-1-8(2-4-9)12(18)19/h1-7H,(H,18,19). The summed E-state index contributed by atoms with van der Waals surface area (Å²) in [5, 5.41) is 8.74. The Kier molecular flexibility index (Phi) is 3.92. The van der Waals surface area contributed by atoms with Gasteiger partial charge in [-0.15, -0.1) is 0 Å². The number of aromatic nitrogens is 1. The summed E-state index contributed by atoms with van der Waals surface area (Å²) in [6.45, 7) is 0. The minimum atomic E-state index is -4.66. The van der Waals surface area contributed by atoms with Crippen LogP contribution in [0.4, 0.5) is 13.2 Å². The van der Waals surface area contributed by atoms with Gasteiger partial charge in [0.1, 0.15) is 5.69 Å². The lowest BCUT2D eigenvalue weighted by Gasteiger charge is -2.08. The molecule has 2 rings (SSSR count).